The Morgan fingerprint density at radius 3 is 2.37 bits per heavy atom. The molecular weight excluding hydrogens is 495 g/mol. The third kappa shape index (κ3) is 7.82. The number of carbonyl (C=O) groups excluding carboxylic acids is 2. The first-order chi connectivity index (χ1) is 18.2. The second kappa shape index (κ2) is 12.8. The fourth-order valence-corrected chi connectivity index (χ4v) is 5.60. The van der Waals surface area contributed by atoms with Gasteiger partial charge in [-0.15, -0.1) is 0 Å². The molecule has 0 radical (unpaired) electrons. The summed E-state index contributed by atoms with van der Waals surface area (Å²) in [4.78, 5) is 25.7. The molecule has 38 heavy (non-hydrogen) atoms. The van der Waals surface area contributed by atoms with Gasteiger partial charge in [0.25, 0.3) is 6.41 Å². The van der Waals surface area contributed by atoms with E-state index in [1.807, 2.05) is 0 Å². The van der Waals surface area contributed by atoms with Crippen molar-refractivity contribution in [3.63, 3.8) is 0 Å². The summed E-state index contributed by atoms with van der Waals surface area (Å²) < 4.78 is 44.1. The number of nitrogens with one attached hydrogen (secondary N) is 1. The van der Waals surface area contributed by atoms with Crippen LogP contribution in [0, 0.1) is 11.8 Å². The van der Waals surface area contributed by atoms with Crippen molar-refractivity contribution in [1.82, 2.24) is 0 Å². The van der Waals surface area contributed by atoms with Gasteiger partial charge in [0, 0.05) is 24.3 Å². The summed E-state index contributed by atoms with van der Waals surface area (Å²) in [6.07, 6.45) is 4.06. The Bertz CT molecular complexity index is 1100. The van der Waals surface area contributed by atoms with Gasteiger partial charge in [-0.3, -0.25) is 9.59 Å². The molecule has 0 saturated heterocycles. The Balaban J connectivity index is 1.20. The highest BCUT2D eigenvalue weighted by atomic mass is 19.4. The van der Waals surface area contributed by atoms with Crippen LogP contribution in [-0.4, -0.2) is 23.1 Å². The van der Waals surface area contributed by atoms with Gasteiger partial charge in [0.15, 0.2) is 5.78 Å². The van der Waals surface area contributed by atoms with E-state index in [4.69, 9.17) is 4.74 Å². The molecule has 0 bridgehead atoms. The number of Topliss-reactive ketones (excluding diaryl/α,β-unsaturated/α-hetero) is 2. The van der Waals surface area contributed by atoms with Crippen molar-refractivity contribution in [1.29, 1.82) is 0 Å². The number of aliphatic hydroxyl groups excluding tert-OH is 1. The van der Waals surface area contributed by atoms with E-state index in [1.54, 1.807) is 24.3 Å². The molecule has 1 atom stereocenters. The molecule has 1 aliphatic carbocycles. The van der Waals surface area contributed by atoms with E-state index in [1.165, 1.54) is 6.07 Å². The van der Waals surface area contributed by atoms with Crippen LogP contribution in [0.5, 0.6) is 5.75 Å². The first-order valence-electron chi connectivity index (χ1n) is 13.7. The van der Waals surface area contributed by atoms with Gasteiger partial charge in [0.2, 0.25) is 0 Å². The summed E-state index contributed by atoms with van der Waals surface area (Å²) in [6.45, 7) is 0. The predicted molar refractivity (Wildman–Crippen MR) is 139 cm³/mol. The van der Waals surface area contributed by atoms with E-state index < -0.39 is 18.2 Å². The van der Waals surface area contributed by atoms with Crippen LogP contribution in [-0.2, 0) is 17.4 Å². The molecule has 0 amide bonds. The average molecular weight is 532 g/mol. The normalized spacial score (nSPS) is 22.2. The largest absolute Gasteiger partial charge is 0.445 e. The van der Waals surface area contributed by atoms with E-state index >= 15 is 0 Å². The Morgan fingerprint density at radius 1 is 0.947 bits per heavy atom. The van der Waals surface area contributed by atoms with Crippen LogP contribution >= 0.6 is 0 Å². The monoisotopic (exact) mass is 531 g/mol. The number of aliphatic hydroxyl groups is 1. The van der Waals surface area contributed by atoms with Crippen molar-refractivity contribution in [2.45, 2.75) is 89.6 Å². The molecule has 2 aromatic carbocycles. The molecule has 2 aromatic rings. The standard InChI is InChI=1S/C30H36F3NO4/c31-30(32,33)24-11-5-8-21(18-24)13-17-26(35)22-9-3-1-6-20(7-2-4-10-22)12-16-27(36)23-14-15-25-28(19-23)38-29(37)34-25/h5,8,11,14-15,18-20,22,29,34,37H,1-4,6-7,9-10,12-13,16-17H2. The maximum absolute atomic E-state index is 13.0. The van der Waals surface area contributed by atoms with Crippen LogP contribution in [0.25, 0.3) is 0 Å². The van der Waals surface area contributed by atoms with Gasteiger partial charge in [0.05, 0.1) is 11.3 Å². The fourth-order valence-electron chi connectivity index (χ4n) is 5.60. The second-order valence-electron chi connectivity index (χ2n) is 10.6. The number of ether oxygens (including phenoxy) is 1. The van der Waals surface area contributed by atoms with Crippen LogP contribution in [0.15, 0.2) is 42.5 Å². The third-order valence-electron chi connectivity index (χ3n) is 7.80. The molecule has 1 fully saturated rings. The number of halogens is 3. The van der Waals surface area contributed by atoms with Gasteiger partial charge in [-0.2, -0.15) is 13.2 Å². The third-order valence-corrected chi connectivity index (χ3v) is 7.80. The van der Waals surface area contributed by atoms with Crippen molar-refractivity contribution < 1.29 is 32.6 Å². The van der Waals surface area contributed by atoms with Gasteiger partial charge < -0.3 is 15.2 Å². The summed E-state index contributed by atoms with van der Waals surface area (Å²) in [7, 11) is 0. The summed E-state index contributed by atoms with van der Waals surface area (Å²) in [5, 5.41) is 12.3. The molecule has 0 spiro atoms. The molecule has 2 aliphatic rings. The number of aryl methyl sites for hydroxylation is 1. The number of fused-ring (bicyclic) bond motifs is 1. The van der Waals surface area contributed by atoms with E-state index in [2.05, 4.69) is 5.32 Å². The molecule has 1 heterocycles. The molecule has 1 unspecified atom stereocenters. The summed E-state index contributed by atoms with van der Waals surface area (Å²) >= 11 is 0. The van der Waals surface area contributed by atoms with E-state index in [0.29, 0.717) is 41.3 Å². The lowest BCUT2D eigenvalue weighted by Gasteiger charge is -2.22. The van der Waals surface area contributed by atoms with Gasteiger partial charge >= 0.3 is 6.18 Å². The van der Waals surface area contributed by atoms with Crippen molar-refractivity contribution in [2.75, 3.05) is 5.32 Å². The van der Waals surface area contributed by atoms with Crippen molar-refractivity contribution >= 4 is 17.3 Å². The number of hydrogen-bond acceptors (Lipinski definition) is 5. The number of ketones is 2. The van der Waals surface area contributed by atoms with Crippen molar-refractivity contribution in [3.8, 4) is 5.75 Å². The Morgan fingerprint density at radius 2 is 1.66 bits per heavy atom. The zero-order chi connectivity index (χ0) is 27.1. The second-order valence-corrected chi connectivity index (χ2v) is 10.6. The molecule has 206 valence electrons. The lowest BCUT2D eigenvalue weighted by Crippen LogP contribution is -2.17. The van der Waals surface area contributed by atoms with E-state index in [0.717, 1.165) is 69.9 Å². The number of carbonyl (C=O) groups is 2. The Labute approximate surface area is 221 Å². The smallest absolute Gasteiger partial charge is 0.416 e. The molecule has 1 aliphatic heterocycles. The van der Waals surface area contributed by atoms with Crippen molar-refractivity contribution in [3.05, 3.63) is 59.2 Å². The minimum Gasteiger partial charge on any atom is -0.445 e. The van der Waals surface area contributed by atoms with Gasteiger partial charge in [-0.05, 0) is 61.4 Å². The molecular formula is C30H36F3NO4. The van der Waals surface area contributed by atoms with Crippen molar-refractivity contribution in [2.24, 2.45) is 11.8 Å². The average Bonchev–Trinajstić information content (AvgIpc) is 3.28. The van der Waals surface area contributed by atoms with Gasteiger partial charge in [-0.25, -0.2) is 0 Å². The maximum Gasteiger partial charge on any atom is 0.416 e. The number of alkyl halides is 3. The van der Waals surface area contributed by atoms with Crippen LogP contribution in [0.1, 0.15) is 92.1 Å². The molecule has 1 saturated carbocycles. The quantitative estimate of drug-likeness (QED) is 0.349. The molecule has 4 rings (SSSR count). The van der Waals surface area contributed by atoms with Crippen LogP contribution in [0.3, 0.4) is 0 Å². The Hall–Kier alpha value is -2.87. The highest BCUT2D eigenvalue weighted by molar-refractivity contribution is 5.97. The Kier molecular flexibility index (Phi) is 9.47. The van der Waals surface area contributed by atoms with Gasteiger partial charge in [-0.1, -0.05) is 56.7 Å². The molecule has 0 aromatic heterocycles. The summed E-state index contributed by atoms with van der Waals surface area (Å²) in [5.41, 5.74) is 1.14. The van der Waals surface area contributed by atoms with Crippen LogP contribution in [0.4, 0.5) is 18.9 Å². The minimum absolute atomic E-state index is 0.0195. The SMILES string of the molecule is O=C(CCC1CCCCC(C(=O)CCc2cccc(C(F)(F)F)c2)CCCC1)c1ccc2c(c1)OC(O)N2. The summed E-state index contributed by atoms with van der Waals surface area (Å²) in [6, 6.07) is 10.4. The van der Waals surface area contributed by atoms with Gasteiger partial charge in [0.1, 0.15) is 11.5 Å². The predicted octanol–water partition coefficient (Wildman–Crippen LogP) is 7.32. The van der Waals surface area contributed by atoms with Crippen LogP contribution < -0.4 is 10.1 Å². The first-order valence-corrected chi connectivity index (χ1v) is 13.7. The zero-order valence-corrected chi connectivity index (χ0v) is 21.6. The molecule has 5 nitrogen and oxygen atoms in total. The highest BCUT2D eigenvalue weighted by Crippen LogP contribution is 2.34. The zero-order valence-electron chi connectivity index (χ0n) is 21.6. The van der Waals surface area contributed by atoms with Crippen LogP contribution in [0.2, 0.25) is 0 Å². The number of benzene rings is 2. The highest BCUT2D eigenvalue weighted by Gasteiger charge is 2.30. The molecule has 8 heteroatoms. The first kappa shape index (κ1) is 28.1. The number of hydrogen-bond donors (Lipinski definition) is 2. The lowest BCUT2D eigenvalue weighted by atomic mass is 9.83. The number of rotatable bonds is 8. The molecule has 2 N–H and O–H groups in total. The fraction of sp³-hybridized carbons (Fsp3) is 0.533. The van der Waals surface area contributed by atoms with E-state index in [-0.39, 0.29) is 23.9 Å². The summed E-state index contributed by atoms with van der Waals surface area (Å²) in [5.74, 6) is 1.17. The number of anilines is 1. The lowest BCUT2D eigenvalue weighted by molar-refractivity contribution is -0.137. The minimum atomic E-state index is -4.37. The topological polar surface area (TPSA) is 75.6 Å². The van der Waals surface area contributed by atoms with E-state index in [9.17, 15) is 27.9 Å². The maximum atomic E-state index is 13.0.